The number of rotatable bonds is 4. The molecule has 0 bridgehead atoms. The van der Waals surface area contributed by atoms with Gasteiger partial charge in [-0.1, -0.05) is 0 Å². The van der Waals surface area contributed by atoms with Crippen LogP contribution in [0.4, 0.5) is 0 Å². The lowest BCUT2D eigenvalue weighted by atomic mass is 9.82. The summed E-state index contributed by atoms with van der Waals surface area (Å²) < 4.78 is 0. The van der Waals surface area contributed by atoms with Gasteiger partial charge < -0.3 is 10.0 Å². The zero-order chi connectivity index (χ0) is 9.84. The van der Waals surface area contributed by atoms with Gasteiger partial charge in [0.2, 0.25) is 5.91 Å². The molecule has 1 N–H and O–H groups in total. The number of hydrogen-bond donors (Lipinski definition) is 1. The fourth-order valence-corrected chi connectivity index (χ4v) is 1.77. The lowest BCUT2D eigenvalue weighted by Crippen LogP contribution is -2.39. The van der Waals surface area contributed by atoms with Gasteiger partial charge in [-0.05, 0) is 18.8 Å². The Morgan fingerprint density at radius 2 is 2.23 bits per heavy atom. The lowest BCUT2D eigenvalue weighted by Gasteiger charge is -2.34. The molecule has 1 fully saturated rings. The molecule has 1 amide bonds. The van der Waals surface area contributed by atoms with Crippen molar-refractivity contribution in [2.75, 3.05) is 19.5 Å². The van der Waals surface area contributed by atoms with E-state index in [1.807, 2.05) is 0 Å². The van der Waals surface area contributed by atoms with Gasteiger partial charge in [-0.2, -0.15) is 0 Å². The van der Waals surface area contributed by atoms with E-state index in [0.717, 1.165) is 19.4 Å². The molecule has 1 saturated carbocycles. The first-order chi connectivity index (χ1) is 6.13. The second-order valence-electron chi connectivity index (χ2n) is 3.70. The van der Waals surface area contributed by atoms with Gasteiger partial charge >= 0.3 is 0 Å². The van der Waals surface area contributed by atoms with E-state index < -0.39 is 0 Å². The minimum absolute atomic E-state index is 0.0939. The SMILES string of the molecule is CN(CC1CC(O)C1)C(=O)CCCl. The fourth-order valence-electron chi connectivity index (χ4n) is 1.61. The van der Waals surface area contributed by atoms with Crippen molar-refractivity contribution in [3.05, 3.63) is 0 Å². The predicted octanol–water partition coefficient (Wildman–Crippen LogP) is 0.845. The van der Waals surface area contributed by atoms with Gasteiger partial charge in [0.1, 0.15) is 0 Å². The van der Waals surface area contributed by atoms with E-state index >= 15 is 0 Å². The quantitative estimate of drug-likeness (QED) is 0.692. The molecule has 3 nitrogen and oxygen atoms in total. The van der Waals surface area contributed by atoms with E-state index in [4.69, 9.17) is 16.7 Å². The normalized spacial score (nSPS) is 26.7. The van der Waals surface area contributed by atoms with E-state index in [1.165, 1.54) is 0 Å². The molecule has 1 rings (SSSR count). The van der Waals surface area contributed by atoms with Crippen LogP contribution in [-0.2, 0) is 4.79 Å². The summed E-state index contributed by atoms with van der Waals surface area (Å²) >= 11 is 5.46. The van der Waals surface area contributed by atoms with Crippen LogP contribution in [0.25, 0.3) is 0 Å². The molecule has 0 unspecified atom stereocenters. The first kappa shape index (κ1) is 10.8. The molecule has 4 heteroatoms. The molecule has 0 saturated heterocycles. The molecule has 1 aliphatic carbocycles. The second kappa shape index (κ2) is 4.82. The number of aliphatic hydroxyl groups excluding tert-OH is 1. The van der Waals surface area contributed by atoms with Crippen LogP contribution in [0.5, 0.6) is 0 Å². The Kier molecular flexibility index (Phi) is 4.00. The van der Waals surface area contributed by atoms with Crippen molar-refractivity contribution in [1.29, 1.82) is 0 Å². The van der Waals surface area contributed by atoms with Gasteiger partial charge in [-0.25, -0.2) is 0 Å². The third-order valence-electron chi connectivity index (χ3n) is 2.48. The Hall–Kier alpha value is -0.280. The first-order valence-corrected chi connectivity index (χ1v) is 5.15. The Labute approximate surface area is 83.7 Å². The van der Waals surface area contributed by atoms with Crippen molar-refractivity contribution in [3.8, 4) is 0 Å². The predicted molar refractivity (Wildman–Crippen MR) is 51.7 cm³/mol. The summed E-state index contributed by atoms with van der Waals surface area (Å²) in [5.41, 5.74) is 0. The van der Waals surface area contributed by atoms with E-state index in [1.54, 1.807) is 11.9 Å². The summed E-state index contributed by atoms with van der Waals surface area (Å²) in [5.74, 6) is 0.965. The minimum Gasteiger partial charge on any atom is -0.393 e. The topological polar surface area (TPSA) is 40.5 Å². The van der Waals surface area contributed by atoms with E-state index in [2.05, 4.69) is 0 Å². The van der Waals surface area contributed by atoms with Gasteiger partial charge in [-0.3, -0.25) is 4.79 Å². The number of aliphatic hydroxyl groups is 1. The molecule has 0 atom stereocenters. The summed E-state index contributed by atoms with van der Waals surface area (Å²) in [4.78, 5) is 13.0. The molecule has 1 aliphatic rings. The average molecular weight is 206 g/mol. The molecule has 0 heterocycles. The van der Waals surface area contributed by atoms with Crippen LogP contribution in [0, 0.1) is 5.92 Å². The summed E-state index contributed by atoms with van der Waals surface area (Å²) in [6, 6.07) is 0. The maximum Gasteiger partial charge on any atom is 0.223 e. The molecule has 0 spiro atoms. The highest BCUT2D eigenvalue weighted by atomic mass is 35.5. The van der Waals surface area contributed by atoms with Crippen molar-refractivity contribution in [2.45, 2.75) is 25.4 Å². The summed E-state index contributed by atoms with van der Waals surface area (Å²) in [6.07, 6.45) is 1.94. The van der Waals surface area contributed by atoms with Crippen molar-refractivity contribution >= 4 is 17.5 Å². The Morgan fingerprint density at radius 1 is 1.62 bits per heavy atom. The third kappa shape index (κ3) is 3.16. The Bertz CT molecular complexity index is 180. The zero-order valence-corrected chi connectivity index (χ0v) is 8.63. The first-order valence-electron chi connectivity index (χ1n) is 4.61. The van der Waals surface area contributed by atoms with Gasteiger partial charge in [0.05, 0.1) is 6.10 Å². The van der Waals surface area contributed by atoms with E-state index in [-0.39, 0.29) is 12.0 Å². The highest BCUT2D eigenvalue weighted by molar-refractivity contribution is 6.18. The molecule has 13 heavy (non-hydrogen) atoms. The van der Waals surface area contributed by atoms with Gasteiger partial charge in [-0.15, -0.1) is 11.6 Å². The van der Waals surface area contributed by atoms with Crippen molar-refractivity contribution in [1.82, 2.24) is 4.90 Å². The number of nitrogens with zero attached hydrogens (tertiary/aromatic N) is 1. The molecular formula is C9H16ClNO2. The molecule has 0 radical (unpaired) electrons. The smallest absolute Gasteiger partial charge is 0.223 e. The van der Waals surface area contributed by atoms with Crippen LogP contribution in [0.2, 0.25) is 0 Å². The molecule has 0 aromatic carbocycles. The molecule has 0 aromatic rings. The lowest BCUT2D eigenvalue weighted by molar-refractivity contribution is -0.131. The highest BCUT2D eigenvalue weighted by Crippen LogP contribution is 2.27. The van der Waals surface area contributed by atoms with Crippen LogP contribution in [0.3, 0.4) is 0 Å². The van der Waals surface area contributed by atoms with Gasteiger partial charge in [0.15, 0.2) is 0 Å². The van der Waals surface area contributed by atoms with Crippen molar-refractivity contribution in [2.24, 2.45) is 5.92 Å². The van der Waals surface area contributed by atoms with E-state index in [9.17, 15) is 4.79 Å². The highest BCUT2D eigenvalue weighted by Gasteiger charge is 2.28. The number of alkyl halides is 1. The molecule has 0 aliphatic heterocycles. The largest absolute Gasteiger partial charge is 0.393 e. The molecule has 76 valence electrons. The summed E-state index contributed by atoms with van der Waals surface area (Å²) in [7, 11) is 1.79. The number of carbonyl (C=O) groups excluding carboxylic acids is 1. The van der Waals surface area contributed by atoms with Crippen molar-refractivity contribution in [3.63, 3.8) is 0 Å². The monoisotopic (exact) mass is 205 g/mol. The summed E-state index contributed by atoms with van der Waals surface area (Å²) in [6.45, 7) is 0.757. The van der Waals surface area contributed by atoms with E-state index in [0.29, 0.717) is 18.2 Å². The average Bonchev–Trinajstić information content (AvgIpc) is 2.02. The maximum absolute atomic E-state index is 11.3. The second-order valence-corrected chi connectivity index (χ2v) is 4.08. The van der Waals surface area contributed by atoms with Crippen LogP contribution in [0.1, 0.15) is 19.3 Å². The van der Waals surface area contributed by atoms with Gasteiger partial charge in [0, 0.05) is 25.9 Å². The number of amides is 1. The summed E-state index contributed by atoms with van der Waals surface area (Å²) in [5, 5.41) is 9.05. The Morgan fingerprint density at radius 3 is 2.69 bits per heavy atom. The zero-order valence-electron chi connectivity index (χ0n) is 7.87. The van der Waals surface area contributed by atoms with Crippen LogP contribution < -0.4 is 0 Å². The third-order valence-corrected chi connectivity index (χ3v) is 2.67. The number of carbonyl (C=O) groups is 1. The number of hydrogen-bond acceptors (Lipinski definition) is 2. The standard InChI is InChI=1S/C9H16ClNO2/c1-11(9(13)2-3-10)6-7-4-8(12)5-7/h7-8,12H,2-6H2,1H3. The minimum atomic E-state index is -0.137. The van der Waals surface area contributed by atoms with Crippen LogP contribution >= 0.6 is 11.6 Å². The maximum atomic E-state index is 11.3. The van der Waals surface area contributed by atoms with Gasteiger partial charge in [0.25, 0.3) is 0 Å². The molecular weight excluding hydrogens is 190 g/mol. The fraction of sp³-hybridized carbons (Fsp3) is 0.889. The number of halogens is 1. The van der Waals surface area contributed by atoms with Crippen molar-refractivity contribution < 1.29 is 9.90 Å². The van der Waals surface area contributed by atoms with Crippen LogP contribution in [-0.4, -0.2) is 41.5 Å². The molecule has 0 aromatic heterocycles. The van der Waals surface area contributed by atoms with Crippen LogP contribution in [0.15, 0.2) is 0 Å². The Balaban J connectivity index is 2.17.